The number of carbonyl (C=O) groups is 2. The normalized spacial score (nSPS) is 15.2. The molecule has 0 N–H and O–H groups in total. The van der Waals surface area contributed by atoms with Gasteiger partial charge in [-0.05, 0) is 49.2 Å². The lowest BCUT2D eigenvalue weighted by atomic mass is 9.95. The minimum atomic E-state index is -0.839. The van der Waals surface area contributed by atoms with Crippen LogP contribution >= 0.6 is 22.9 Å². The molecule has 2 aromatic carbocycles. The molecule has 1 aromatic heterocycles. The van der Waals surface area contributed by atoms with Crippen LogP contribution in [0.4, 0.5) is 0 Å². The number of aromatic nitrogens is 1. The molecule has 0 unspecified atom stereocenters. The number of rotatable bonds is 6. The summed E-state index contributed by atoms with van der Waals surface area (Å²) in [4.78, 5) is 43.2. The van der Waals surface area contributed by atoms with Gasteiger partial charge in [-0.2, -0.15) is 0 Å². The van der Waals surface area contributed by atoms with E-state index in [1.165, 1.54) is 29.9 Å². The van der Waals surface area contributed by atoms with E-state index in [0.29, 0.717) is 31.2 Å². The first kappa shape index (κ1) is 25.4. The molecule has 1 aliphatic rings. The molecule has 0 amide bonds. The Bertz CT molecular complexity index is 1570. The van der Waals surface area contributed by atoms with Crippen LogP contribution in [0, 0.1) is 0 Å². The summed E-state index contributed by atoms with van der Waals surface area (Å²) in [5.41, 5.74) is 1.59. The number of ether oxygens (including phenoxy) is 3. The second-order valence-corrected chi connectivity index (χ2v) is 9.24. The Kier molecular flexibility index (Phi) is 7.42. The van der Waals surface area contributed by atoms with E-state index in [9.17, 15) is 14.4 Å². The number of hydrogen-bond donors (Lipinski definition) is 0. The van der Waals surface area contributed by atoms with E-state index < -0.39 is 18.0 Å². The molecule has 3 aromatic rings. The van der Waals surface area contributed by atoms with Crippen molar-refractivity contribution in [2.24, 2.45) is 4.99 Å². The standard InChI is InChI=1S/C26H23ClN2O6S/c1-5-34-25(32)22-14(2)28-26-29(24(31)21(36-26)13-16-8-6-7-9-18(16)27)23(22)17-10-11-19(35-15(3)30)20(12-17)33-4/h6-13,23H,5H2,1-4H3/b21-13+/t23-/m0/s1. The molecule has 2 heterocycles. The summed E-state index contributed by atoms with van der Waals surface area (Å²) < 4.78 is 17.8. The lowest BCUT2D eigenvalue weighted by Gasteiger charge is -2.25. The highest BCUT2D eigenvalue weighted by Gasteiger charge is 2.34. The van der Waals surface area contributed by atoms with Crippen LogP contribution in [0.1, 0.15) is 37.9 Å². The van der Waals surface area contributed by atoms with E-state index >= 15 is 0 Å². The SMILES string of the molecule is CCOC(=O)C1=C(C)N=c2s/c(=C/c3ccccc3Cl)c(=O)n2[C@H]1c1ccc(OC(C)=O)c(OC)c1. The summed E-state index contributed by atoms with van der Waals surface area (Å²) in [5, 5.41) is 0.508. The first-order valence-corrected chi connectivity index (χ1v) is 12.2. The van der Waals surface area contributed by atoms with Crippen molar-refractivity contribution in [3.63, 3.8) is 0 Å². The van der Waals surface area contributed by atoms with E-state index in [1.54, 1.807) is 44.2 Å². The third-order valence-electron chi connectivity index (χ3n) is 5.47. The highest BCUT2D eigenvalue weighted by Crippen LogP contribution is 2.36. The number of hydrogen-bond acceptors (Lipinski definition) is 8. The molecule has 0 fully saturated rings. The monoisotopic (exact) mass is 526 g/mol. The number of allylic oxidation sites excluding steroid dienone is 1. The van der Waals surface area contributed by atoms with Crippen molar-refractivity contribution in [3.8, 4) is 11.5 Å². The number of esters is 2. The zero-order chi connectivity index (χ0) is 26.0. The first-order valence-electron chi connectivity index (χ1n) is 11.1. The minimum absolute atomic E-state index is 0.161. The molecule has 1 aliphatic heterocycles. The summed E-state index contributed by atoms with van der Waals surface area (Å²) in [7, 11) is 1.44. The van der Waals surface area contributed by atoms with Crippen molar-refractivity contribution >= 4 is 41.0 Å². The molecule has 0 aliphatic carbocycles. The topological polar surface area (TPSA) is 96.2 Å². The van der Waals surface area contributed by atoms with Crippen LogP contribution in [0.25, 0.3) is 6.08 Å². The summed E-state index contributed by atoms with van der Waals surface area (Å²) in [5.74, 6) is -0.583. The van der Waals surface area contributed by atoms with Gasteiger partial charge in [0.05, 0.1) is 35.6 Å². The fraction of sp³-hybridized carbons (Fsp3) is 0.231. The average molecular weight is 527 g/mol. The van der Waals surface area contributed by atoms with Crippen LogP contribution in [-0.4, -0.2) is 30.2 Å². The molecular weight excluding hydrogens is 504 g/mol. The van der Waals surface area contributed by atoms with Gasteiger partial charge in [0.25, 0.3) is 5.56 Å². The number of thiazole rings is 1. The van der Waals surface area contributed by atoms with Crippen molar-refractivity contribution in [2.45, 2.75) is 26.8 Å². The maximum Gasteiger partial charge on any atom is 0.338 e. The van der Waals surface area contributed by atoms with Crippen molar-refractivity contribution in [3.05, 3.63) is 89.6 Å². The number of methoxy groups -OCH3 is 1. The Morgan fingerprint density at radius 1 is 1.19 bits per heavy atom. The summed E-state index contributed by atoms with van der Waals surface area (Å²) >= 11 is 7.51. The molecule has 1 atom stereocenters. The van der Waals surface area contributed by atoms with Crippen molar-refractivity contribution in [1.82, 2.24) is 4.57 Å². The summed E-state index contributed by atoms with van der Waals surface area (Å²) in [6, 6.07) is 11.2. The molecule has 0 bridgehead atoms. The molecule has 8 nitrogen and oxygen atoms in total. The highest BCUT2D eigenvalue weighted by molar-refractivity contribution is 7.07. The molecular formula is C26H23ClN2O6S. The van der Waals surface area contributed by atoms with E-state index in [0.717, 1.165) is 0 Å². The van der Waals surface area contributed by atoms with Crippen LogP contribution in [0.2, 0.25) is 5.02 Å². The van der Waals surface area contributed by atoms with E-state index in [1.807, 2.05) is 18.2 Å². The van der Waals surface area contributed by atoms with E-state index in [4.69, 9.17) is 25.8 Å². The average Bonchev–Trinajstić information content (AvgIpc) is 3.14. The summed E-state index contributed by atoms with van der Waals surface area (Å²) in [6.45, 7) is 4.86. The highest BCUT2D eigenvalue weighted by atomic mass is 35.5. The van der Waals surface area contributed by atoms with Gasteiger partial charge in [0.2, 0.25) is 0 Å². The van der Waals surface area contributed by atoms with Crippen LogP contribution in [-0.2, 0) is 14.3 Å². The van der Waals surface area contributed by atoms with Gasteiger partial charge < -0.3 is 14.2 Å². The first-order chi connectivity index (χ1) is 17.2. The predicted octanol–water partition coefficient (Wildman–Crippen LogP) is 3.39. The third-order valence-corrected chi connectivity index (χ3v) is 6.79. The molecule has 4 rings (SSSR count). The number of carbonyl (C=O) groups excluding carboxylic acids is 2. The maximum atomic E-state index is 13.7. The van der Waals surface area contributed by atoms with Gasteiger partial charge in [0.15, 0.2) is 16.3 Å². The van der Waals surface area contributed by atoms with Crippen LogP contribution < -0.4 is 24.4 Å². The Labute approximate surface area is 215 Å². The van der Waals surface area contributed by atoms with E-state index in [-0.39, 0.29) is 29.2 Å². The minimum Gasteiger partial charge on any atom is -0.493 e. The van der Waals surface area contributed by atoms with Gasteiger partial charge in [-0.1, -0.05) is 47.2 Å². The Morgan fingerprint density at radius 2 is 1.94 bits per heavy atom. The van der Waals surface area contributed by atoms with Crippen molar-refractivity contribution in [2.75, 3.05) is 13.7 Å². The fourth-order valence-electron chi connectivity index (χ4n) is 3.93. The summed E-state index contributed by atoms with van der Waals surface area (Å²) in [6.07, 6.45) is 1.71. The Balaban J connectivity index is 1.97. The van der Waals surface area contributed by atoms with Crippen molar-refractivity contribution < 1.29 is 23.8 Å². The molecule has 0 saturated heterocycles. The molecule has 186 valence electrons. The second-order valence-electron chi connectivity index (χ2n) is 7.83. The maximum absolute atomic E-state index is 13.7. The van der Waals surface area contributed by atoms with Crippen LogP contribution in [0.3, 0.4) is 0 Å². The molecule has 0 spiro atoms. The predicted molar refractivity (Wildman–Crippen MR) is 136 cm³/mol. The van der Waals surface area contributed by atoms with Gasteiger partial charge in [0.1, 0.15) is 0 Å². The zero-order valence-corrected chi connectivity index (χ0v) is 21.6. The van der Waals surface area contributed by atoms with Gasteiger partial charge in [0, 0.05) is 11.9 Å². The fourth-order valence-corrected chi connectivity index (χ4v) is 5.16. The number of halogens is 1. The van der Waals surface area contributed by atoms with Gasteiger partial charge >= 0.3 is 11.9 Å². The van der Waals surface area contributed by atoms with Gasteiger partial charge in [-0.3, -0.25) is 14.2 Å². The van der Waals surface area contributed by atoms with Crippen molar-refractivity contribution in [1.29, 1.82) is 0 Å². The number of fused-ring (bicyclic) bond motifs is 1. The van der Waals surface area contributed by atoms with Crippen LogP contribution in [0.5, 0.6) is 11.5 Å². The van der Waals surface area contributed by atoms with Gasteiger partial charge in [-0.25, -0.2) is 9.79 Å². The quantitative estimate of drug-likeness (QED) is 0.361. The largest absolute Gasteiger partial charge is 0.493 e. The third kappa shape index (κ3) is 4.84. The van der Waals surface area contributed by atoms with E-state index in [2.05, 4.69) is 4.99 Å². The lowest BCUT2D eigenvalue weighted by molar-refractivity contribution is -0.139. The number of nitrogens with zero attached hydrogens (tertiary/aromatic N) is 2. The second kappa shape index (κ2) is 10.5. The molecule has 0 saturated carbocycles. The Hall–Kier alpha value is -3.69. The lowest BCUT2D eigenvalue weighted by Crippen LogP contribution is -2.40. The Morgan fingerprint density at radius 3 is 2.61 bits per heavy atom. The number of benzene rings is 2. The molecule has 10 heteroatoms. The van der Waals surface area contributed by atoms with Gasteiger partial charge in [-0.15, -0.1) is 0 Å². The molecule has 36 heavy (non-hydrogen) atoms. The smallest absolute Gasteiger partial charge is 0.338 e. The van der Waals surface area contributed by atoms with Crippen LogP contribution in [0.15, 0.2) is 63.5 Å². The molecule has 0 radical (unpaired) electrons. The zero-order valence-electron chi connectivity index (χ0n) is 20.0.